The van der Waals surface area contributed by atoms with Crippen molar-refractivity contribution in [2.45, 2.75) is 39.0 Å². The lowest BCUT2D eigenvalue weighted by molar-refractivity contribution is 0.0115. The Balaban J connectivity index is 2.08. The van der Waals surface area contributed by atoms with E-state index in [0.717, 1.165) is 38.4 Å². The molecule has 2 rings (SSSR count). The Morgan fingerprint density at radius 3 is 2.79 bits per heavy atom. The van der Waals surface area contributed by atoms with Crippen LogP contribution in [0.15, 0.2) is 0 Å². The van der Waals surface area contributed by atoms with Gasteiger partial charge in [-0.25, -0.2) is 0 Å². The zero-order valence-corrected chi connectivity index (χ0v) is 8.96. The highest BCUT2D eigenvalue weighted by Gasteiger charge is 2.44. The van der Waals surface area contributed by atoms with Gasteiger partial charge in [0.15, 0.2) is 0 Å². The van der Waals surface area contributed by atoms with Gasteiger partial charge in [-0.05, 0) is 38.0 Å². The standard InChI is InChI=1S/C12H19NO/c1-10-4-5-12(7-10,9-13)11-3-2-6-14-8-11/h10-11H,2-8H2,1H3. The van der Waals surface area contributed by atoms with Gasteiger partial charge in [0.1, 0.15) is 0 Å². The van der Waals surface area contributed by atoms with Crippen LogP contribution in [0.5, 0.6) is 0 Å². The zero-order valence-electron chi connectivity index (χ0n) is 8.96. The quantitative estimate of drug-likeness (QED) is 0.641. The minimum atomic E-state index is -0.0418. The first-order valence-electron chi connectivity index (χ1n) is 5.76. The van der Waals surface area contributed by atoms with Crippen molar-refractivity contribution < 1.29 is 4.74 Å². The van der Waals surface area contributed by atoms with E-state index in [4.69, 9.17) is 4.74 Å². The SMILES string of the molecule is CC1CCC(C#N)(C2CCCOC2)C1. The maximum Gasteiger partial charge on any atom is 0.0693 e. The molecule has 0 aromatic heterocycles. The lowest BCUT2D eigenvalue weighted by Crippen LogP contribution is -2.33. The summed E-state index contributed by atoms with van der Waals surface area (Å²) in [5.74, 6) is 1.24. The molecule has 2 aliphatic rings. The summed E-state index contributed by atoms with van der Waals surface area (Å²) in [6.45, 7) is 3.98. The minimum Gasteiger partial charge on any atom is -0.381 e. The van der Waals surface area contributed by atoms with E-state index in [1.165, 1.54) is 12.8 Å². The van der Waals surface area contributed by atoms with Crippen molar-refractivity contribution in [2.24, 2.45) is 17.3 Å². The predicted molar refractivity (Wildman–Crippen MR) is 54.6 cm³/mol. The lowest BCUT2D eigenvalue weighted by atomic mass is 9.72. The van der Waals surface area contributed by atoms with E-state index >= 15 is 0 Å². The fraction of sp³-hybridized carbons (Fsp3) is 0.917. The summed E-state index contributed by atoms with van der Waals surface area (Å²) in [5.41, 5.74) is -0.0418. The van der Waals surface area contributed by atoms with Gasteiger partial charge in [0.2, 0.25) is 0 Å². The Bertz CT molecular complexity index is 239. The highest BCUT2D eigenvalue weighted by atomic mass is 16.5. The summed E-state index contributed by atoms with van der Waals surface area (Å²) < 4.78 is 5.51. The van der Waals surface area contributed by atoms with Crippen molar-refractivity contribution in [1.29, 1.82) is 5.26 Å². The van der Waals surface area contributed by atoms with E-state index in [1.807, 2.05) is 0 Å². The van der Waals surface area contributed by atoms with Crippen LogP contribution >= 0.6 is 0 Å². The van der Waals surface area contributed by atoms with E-state index < -0.39 is 0 Å². The van der Waals surface area contributed by atoms with Crippen molar-refractivity contribution in [3.63, 3.8) is 0 Å². The second kappa shape index (κ2) is 3.90. The fourth-order valence-electron chi connectivity index (χ4n) is 3.07. The number of nitriles is 1. The molecule has 1 aliphatic heterocycles. The molecule has 0 aromatic carbocycles. The van der Waals surface area contributed by atoms with Crippen LogP contribution < -0.4 is 0 Å². The third-order valence-electron chi connectivity index (χ3n) is 3.96. The topological polar surface area (TPSA) is 33.0 Å². The smallest absolute Gasteiger partial charge is 0.0693 e. The van der Waals surface area contributed by atoms with Gasteiger partial charge >= 0.3 is 0 Å². The first kappa shape index (κ1) is 9.98. The van der Waals surface area contributed by atoms with Crippen LogP contribution in [0.1, 0.15) is 39.0 Å². The predicted octanol–water partition coefficient (Wildman–Crippen LogP) is 2.74. The molecule has 2 nitrogen and oxygen atoms in total. The zero-order chi connectivity index (χ0) is 10.0. The van der Waals surface area contributed by atoms with Crippen LogP contribution in [-0.4, -0.2) is 13.2 Å². The Kier molecular flexibility index (Phi) is 2.78. The Morgan fingerprint density at radius 1 is 1.43 bits per heavy atom. The average molecular weight is 193 g/mol. The molecule has 1 saturated carbocycles. The second-order valence-electron chi connectivity index (χ2n) is 5.03. The third kappa shape index (κ3) is 1.66. The van der Waals surface area contributed by atoms with Crippen molar-refractivity contribution >= 4 is 0 Å². The third-order valence-corrected chi connectivity index (χ3v) is 3.96. The highest BCUT2D eigenvalue weighted by Crippen LogP contribution is 2.48. The van der Waals surface area contributed by atoms with Crippen LogP contribution in [0, 0.1) is 28.6 Å². The number of rotatable bonds is 1. The van der Waals surface area contributed by atoms with Crippen molar-refractivity contribution in [1.82, 2.24) is 0 Å². The van der Waals surface area contributed by atoms with Gasteiger partial charge in [0.25, 0.3) is 0 Å². The van der Waals surface area contributed by atoms with Gasteiger partial charge < -0.3 is 4.74 Å². The fourth-order valence-corrected chi connectivity index (χ4v) is 3.07. The number of hydrogen-bond donors (Lipinski definition) is 0. The molecule has 2 heteroatoms. The van der Waals surface area contributed by atoms with E-state index in [2.05, 4.69) is 13.0 Å². The maximum atomic E-state index is 9.38. The monoisotopic (exact) mass is 193 g/mol. The molecule has 78 valence electrons. The van der Waals surface area contributed by atoms with Crippen LogP contribution in [-0.2, 0) is 4.74 Å². The first-order chi connectivity index (χ1) is 6.77. The summed E-state index contributed by atoms with van der Waals surface area (Å²) in [6.07, 6.45) is 5.75. The summed E-state index contributed by atoms with van der Waals surface area (Å²) in [5, 5.41) is 9.38. The number of hydrogen-bond acceptors (Lipinski definition) is 2. The van der Waals surface area contributed by atoms with Gasteiger partial charge in [0.05, 0.1) is 18.1 Å². The number of nitrogens with zero attached hydrogens (tertiary/aromatic N) is 1. The molecule has 1 heterocycles. The Hall–Kier alpha value is -0.550. The van der Waals surface area contributed by atoms with E-state index in [-0.39, 0.29) is 5.41 Å². The van der Waals surface area contributed by atoms with E-state index in [9.17, 15) is 5.26 Å². The summed E-state index contributed by atoms with van der Waals surface area (Å²) in [6, 6.07) is 2.60. The van der Waals surface area contributed by atoms with Crippen LogP contribution in [0.3, 0.4) is 0 Å². The summed E-state index contributed by atoms with van der Waals surface area (Å²) >= 11 is 0. The Labute approximate surface area is 86.2 Å². The van der Waals surface area contributed by atoms with E-state index in [1.54, 1.807) is 0 Å². The maximum absolute atomic E-state index is 9.38. The second-order valence-corrected chi connectivity index (χ2v) is 5.03. The largest absolute Gasteiger partial charge is 0.381 e. The molecule has 0 radical (unpaired) electrons. The molecule has 0 amide bonds. The van der Waals surface area contributed by atoms with Gasteiger partial charge in [0, 0.05) is 12.5 Å². The van der Waals surface area contributed by atoms with Crippen molar-refractivity contribution in [3.8, 4) is 6.07 Å². The summed E-state index contributed by atoms with van der Waals surface area (Å²) in [7, 11) is 0. The molecule has 1 aliphatic carbocycles. The molecule has 0 aromatic rings. The molecule has 3 atom stereocenters. The average Bonchev–Trinajstić information content (AvgIpc) is 2.63. The van der Waals surface area contributed by atoms with Gasteiger partial charge in [-0.2, -0.15) is 5.26 Å². The van der Waals surface area contributed by atoms with Gasteiger partial charge in [-0.15, -0.1) is 0 Å². The molecule has 0 spiro atoms. The molecule has 14 heavy (non-hydrogen) atoms. The van der Waals surface area contributed by atoms with Crippen molar-refractivity contribution in [3.05, 3.63) is 0 Å². The van der Waals surface area contributed by atoms with Crippen LogP contribution in [0.25, 0.3) is 0 Å². The van der Waals surface area contributed by atoms with Crippen LogP contribution in [0.4, 0.5) is 0 Å². The van der Waals surface area contributed by atoms with Crippen molar-refractivity contribution in [2.75, 3.05) is 13.2 Å². The molecule has 1 saturated heterocycles. The first-order valence-corrected chi connectivity index (χ1v) is 5.76. The van der Waals surface area contributed by atoms with E-state index in [0.29, 0.717) is 5.92 Å². The van der Waals surface area contributed by atoms with Crippen LogP contribution in [0.2, 0.25) is 0 Å². The molecule has 0 bridgehead atoms. The molecular weight excluding hydrogens is 174 g/mol. The van der Waals surface area contributed by atoms with Gasteiger partial charge in [-0.3, -0.25) is 0 Å². The van der Waals surface area contributed by atoms with Gasteiger partial charge in [-0.1, -0.05) is 6.92 Å². The molecular formula is C12H19NO. The number of ether oxygens (including phenoxy) is 1. The summed E-state index contributed by atoms with van der Waals surface area (Å²) in [4.78, 5) is 0. The minimum absolute atomic E-state index is 0.0418. The Morgan fingerprint density at radius 2 is 2.29 bits per heavy atom. The normalized spacial score (nSPS) is 43.4. The lowest BCUT2D eigenvalue weighted by Gasteiger charge is -2.34. The highest BCUT2D eigenvalue weighted by molar-refractivity contribution is 5.07. The molecule has 0 N–H and O–H groups in total. The molecule has 2 fully saturated rings. The molecule has 3 unspecified atom stereocenters.